The number of imidazole rings is 1. The highest BCUT2D eigenvalue weighted by Gasteiger charge is 2.36. The molecule has 2 aromatic heterocycles. The van der Waals surface area contributed by atoms with Crippen molar-refractivity contribution in [2.75, 3.05) is 24.6 Å². The molecule has 2 fully saturated rings. The number of amides is 10. The Morgan fingerprint density at radius 2 is 1.31 bits per heavy atom. The van der Waals surface area contributed by atoms with E-state index in [0.717, 1.165) is 32.5 Å². The zero-order valence-corrected chi connectivity index (χ0v) is 44.4. The zero-order chi connectivity index (χ0) is 56.1. The van der Waals surface area contributed by atoms with E-state index in [-0.39, 0.29) is 81.9 Å². The maximum Gasteiger partial charge on any atom is 0.244 e. The Labute approximate surface area is 456 Å². The van der Waals surface area contributed by atoms with Crippen LogP contribution in [0.5, 0.6) is 0 Å². The Balaban J connectivity index is 1.48. The van der Waals surface area contributed by atoms with Crippen LogP contribution in [0.15, 0.2) is 78.3 Å². The number of nitrogens with zero attached hydrogens (tertiary/aromatic N) is 2. The van der Waals surface area contributed by atoms with Gasteiger partial charge < -0.3 is 75.0 Å². The first kappa shape index (κ1) is 59.1. The topological polar surface area (TPSA) is 414 Å². The van der Waals surface area contributed by atoms with Crippen LogP contribution >= 0.6 is 21.6 Å². The summed E-state index contributed by atoms with van der Waals surface area (Å²) in [5.41, 5.74) is 19.3. The molecule has 6 rings (SSSR count). The maximum absolute atomic E-state index is 14.9. The van der Waals surface area contributed by atoms with E-state index in [0.29, 0.717) is 16.8 Å². The van der Waals surface area contributed by atoms with Gasteiger partial charge >= 0.3 is 0 Å². The van der Waals surface area contributed by atoms with Crippen LogP contribution in [0.3, 0.4) is 0 Å². The van der Waals surface area contributed by atoms with Crippen molar-refractivity contribution >= 4 is 97.5 Å². The maximum atomic E-state index is 14.9. The summed E-state index contributed by atoms with van der Waals surface area (Å²) in [5.74, 6) is -8.89. The predicted octanol–water partition coefficient (Wildman–Crippen LogP) is -2.56. The number of carbonyl (C=O) groups is 10. The standard InChI is InChI=1S/C50H66N16O10S2/c1-27(67)59-39-24-77-78-25-40-49(76)60-33(42(51)69)14-7-8-16-55-41(68)21-38(65-48(39)75)47(74)64-37(20-30-23-54-26-58-30)46(73)62-35(18-28-10-3-2-4-11-28)44(71)61-34(15-9-17-56-50(52)53)43(70)63-36(45(72)66-40)19-29-22-57-32-13-6-5-12-31(29)32/h2-6,10-13,22-23,26,33-40,57H,7-9,14-21,24-25H2,1H3,(H2,51,69)(H,54,58)(H,55,68)(H,59,67)(H,60,76)(H,61,71)(H,62,73)(H,63,70)(H,64,74)(H,65,75)(H,66,72)(H4,52,53,56)/t33-,34-,35+,36-,37-,38-,39-,40-/m0/s1. The summed E-state index contributed by atoms with van der Waals surface area (Å²) in [4.78, 5) is 155. The number of aromatic nitrogens is 3. The van der Waals surface area contributed by atoms with Gasteiger partial charge in [0.05, 0.1) is 12.7 Å². The third kappa shape index (κ3) is 18.3. The number of nitrogens with one attached hydrogen (secondary N) is 11. The second-order valence-corrected chi connectivity index (χ2v) is 21.2. The highest BCUT2D eigenvalue weighted by molar-refractivity contribution is 8.76. The first-order valence-corrected chi connectivity index (χ1v) is 27.7. The van der Waals surface area contributed by atoms with E-state index >= 15 is 0 Å². The zero-order valence-electron chi connectivity index (χ0n) is 42.8. The van der Waals surface area contributed by atoms with Gasteiger partial charge in [-0.2, -0.15) is 0 Å². The van der Waals surface area contributed by atoms with Crippen LogP contribution in [0.4, 0.5) is 0 Å². The van der Waals surface area contributed by atoms with Crippen molar-refractivity contribution in [2.24, 2.45) is 22.2 Å². The normalized spacial score (nSPS) is 24.1. The van der Waals surface area contributed by atoms with Crippen molar-refractivity contribution in [3.63, 3.8) is 0 Å². The number of primary amides is 1. The molecule has 2 bridgehead atoms. The molecule has 4 aromatic rings. The molecule has 0 unspecified atom stereocenters. The molecule has 28 heteroatoms. The van der Waals surface area contributed by atoms with Gasteiger partial charge in [-0.3, -0.25) is 52.9 Å². The molecule has 26 nitrogen and oxygen atoms in total. The number of rotatable bonds is 12. The number of fused-ring (bicyclic) bond motifs is 9. The molecule has 78 heavy (non-hydrogen) atoms. The fourth-order valence-corrected chi connectivity index (χ4v) is 10.9. The van der Waals surface area contributed by atoms with Gasteiger partial charge in [0.1, 0.15) is 48.3 Å². The second-order valence-electron chi connectivity index (χ2n) is 18.7. The van der Waals surface area contributed by atoms with Crippen LogP contribution in [-0.2, 0) is 67.2 Å². The van der Waals surface area contributed by atoms with Gasteiger partial charge in [-0.1, -0.05) is 70.1 Å². The number of aliphatic imine (C=N–C) groups is 1. The van der Waals surface area contributed by atoms with Crippen molar-refractivity contribution in [3.8, 4) is 0 Å². The lowest BCUT2D eigenvalue weighted by molar-refractivity contribution is -0.136. The first-order chi connectivity index (χ1) is 37.4. The lowest BCUT2D eigenvalue weighted by Crippen LogP contribution is -2.61. The van der Waals surface area contributed by atoms with Crippen LogP contribution in [0.25, 0.3) is 10.9 Å². The lowest BCUT2D eigenvalue weighted by atomic mass is 10.0. The van der Waals surface area contributed by atoms with E-state index in [9.17, 15) is 47.9 Å². The van der Waals surface area contributed by atoms with Gasteiger partial charge in [0.15, 0.2) is 5.96 Å². The van der Waals surface area contributed by atoms with E-state index < -0.39 is 114 Å². The summed E-state index contributed by atoms with van der Waals surface area (Å²) in [6, 6.07) is 4.48. The number of hydrogen-bond acceptors (Lipinski definition) is 14. The minimum atomic E-state index is -1.65. The summed E-state index contributed by atoms with van der Waals surface area (Å²) in [5, 5.41) is 24.9. The molecule has 2 aliphatic heterocycles. The van der Waals surface area contributed by atoms with Crippen LogP contribution in [0.2, 0.25) is 0 Å². The quantitative estimate of drug-likeness (QED) is 0.0300. The summed E-state index contributed by atoms with van der Waals surface area (Å²) >= 11 is 0. The molecular formula is C50H66N16O10S2. The number of carbonyl (C=O) groups excluding carboxylic acids is 10. The van der Waals surface area contributed by atoms with E-state index in [1.165, 1.54) is 19.4 Å². The smallest absolute Gasteiger partial charge is 0.244 e. The highest BCUT2D eigenvalue weighted by atomic mass is 33.1. The average Bonchev–Trinajstić information content (AvgIpc) is 4.10. The van der Waals surface area contributed by atoms with E-state index in [2.05, 4.69) is 67.8 Å². The van der Waals surface area contributed by atoms with Crippen LogP contribution < -0.4 is 65.1 Å². The number of aromatic amines is 2. The second kappa shape index (κ2) is 29.4. The Kier molecular flexibility index (Phi) is 22.3. The van der Waals surface area contributed by atoms with Gasteiger partial charge in [0, 0.05) is 79.8 Å². The predicted molar refractivity (Wildman–Crippen MR) is 291 cm³/mol. The number of hydrogen-bond donors (Lipinski definition) is 14. The fourth-order valence-electron chi connectivity index (χ4n) is 8.59. The summed E-state index contributed by atoms with van der Waals surface area (Å²) in [7, 11) is 2.02. The highest BCUT2D eigenvalue weighted by Crippen LogP contribution is 2.25. The van der Waals surface area contributed by atoms with Gasteiger partial charge in [0.25, 0.3) is 0 Å². The van der Waals surface area contributed by atoms with Crippen LogP contribution in [0.1, 0.15) is 62.3 Å². The molecule has 0 spiro atoms. The summed E-state index contributed by atoms with van der Waals surface area (Å²) < 4.78 is 0. The number of H-pyrrole nitrogens is 2. The molecule has 17 N–H and O–H groups in total. The van der Waals surface area contributed by atoms with Crippen LogP contribution in [0, 0.1) is 0 Å². The molecule has 418 valence electrons. The lowest BCUT2D eigenvalue weighted by Gasteiger charge is -2.28. The van der Waals surface area contributed by atoms with Crippen molar-refractivity contribution < 1.29 is 47.9 Å². The SMILES string of the molecule is CC(=O)N[C@H]1CSSC[C@@H]2NC(=O)[C@H](Cc3c[nH]c4ccccc34)NC(=O)[C@H](CCCN=C(N)N)NC(=O)[C@@H](Cc3ccccc3)NC(=O)[C@H](Cc3cnc[nH]3)NC(=O)[C@H](CC(=O)NCCCC[C@@H](C(N)=O)NC2=O)NC1=O. The summed E-state index contributed by atoms with van der Waals surface area (Å²) in [6.45, 7) is 1.23. The molecular weight excluding hydrogens is 1050 g/mol. The van der Waals surface area contributed by atoms with E-state index in [4.69, 9.17) is 17.2 Å². The Morgan fingerprint density at radius 1 is 0.679 bits per heavy atom. The molecule has 0 radical (unpaired) electrons. The van der Waals surface area contributed by atoms with Gasteiger partial charge in [-0.05, 0) is 49.3 Å². The number of guanidine groups is 1. The van der Waals surface area contributed by atoms with Crippen molar-refractivity contribution in [3.05, 3.63) is 90.1 Å². The number of benzene rings is 2. The molecule has 0 saturated carbocycles. The van der Waals surface area contributed by atoms with Crippen molar-refractivity contribution in [1.29, 1.82) is 0 Å². The van der Waals surface area contributed by atoms with Gasteiger partial charge in [-0.15, -0.1) is 0 Å². The number of nitrogens with two attached hydrogens (primary N) is 3. The fraction of sp³-hybridized carbons (Fsp3) is 0.440. The molecule has 2 saturated heterocycles. The minimum Gasteiger partial charge on any atom is -0.370 e. The molecule has 2 aliphatic rings. The molecule has 4 heterocycles. The molecule has 8 atom stereocenters. The largest absolute Gasteiger partial charge is 0.370 e. The van der Waals surface area contributed by atoms with E-state index in [1.807, 2.05) is 18.2 Å². The molecule has 0 aliphatic carbocycles. The minimum absolute atomic E-state index is 0.0252. The van der Waals surface area contributed by atoms with Gasteiger partial charge in [0.2, 0.25) is 59.1 Å². The van der Waals surface area contributed by atoms with Crippen molar-refractivity contribution in [1.82, 2.24) is 62.8 Å². The Bertz CT molecular complexity index is 2790. The van der Waals surface area contributed by atoms with Crippen LogP contribution in [-0.4, -0.2) is 153 Å². The Hall–Kier alpha value is -8.14. The average molecular weight is 1120 g/mol. The van der Waals surface area contributed by atoms with E-state index in [1.54, 1.807) is 42.6 Å². The monoisotopic (exact) mass is 1110 g/mol. The third-order valence-corrected chi connectivity index (χ3v) is 15.1. The van der Waals surface area contributed by atoms with Crippen molar-refractivity contribution in [2.45, 2.75) is 113 Å². The number of para-hydroxylation sites is 1. The summed E-state index contributed by atoms with van der Waals surface area (Å²) in [6.07, 6.45) is 3.90. The first-order valence-electron chi connectivity index (χ1n) is 25.3. The Morgan fingerprint density at radius 3 is 2.01 bits per heavy atom. The molecule has 2 aromatic carbocycles. The van der Waals surface area contributed by atoms with Gasteiger partial charge in [-0.25, -0.2) is 4.98 Å². The third-order valence-electron chi connectivity index (χ3n) is 12.6. The molecule has 10 amide bonds.